The summed E-state index contributed by atoms with van der Waals surface area (Å²) in [6.45, 7) is 9.30. The Bertz CT molecular complexity index is 1870. The lowest BCUT2D eigenvalue weighted by Crippen LogP contribution is -2.48. The van der Waals surface area contributed by atoms with Gasteiger partial charge in [0.1, 0.15) is 31.0 Å². The van der Waals surface area contributed by atoms with E-state index in [2.05, 4.69) is 27.7 Å². The number of nitrogens with zero attached hydrogens (tertiary/aromatic N) is 4. The molecule has 52 heavy (non-hydrogen) atoms. The number of phenols is 1. The number of carbonyl (C=O) groups is 1. The van der Waals surface area contributed by atoms with Crippen molar-refractivity contribution < 1.29 is 37.6 Å². The van der Waals surface area contributed by atoms with Crippen molar-refractivity contribution >= 4 is 22.5 Å². The number of terminal acetylenes is 1. The number of nitrogens with one attached hydrogen (secondary N) is 1. The van der Waals surface area contributed by atoms with Crippen LogP contribution < -0.4 is 24.4 Å². The number of anilines is 1. The zero-order chi connectivity index (χ0) is 36.4. The van der Waals surface area contributed by atoms with Gasteiger partial charge in [-0.15, -0.1) is 6.42 Å². The predicted molar refractivity (Wildman–Crippen MR) is 191 cm³/mol. The van der Waals surface area contributed by atoms with E-state index in [1.807, 2.05) is 11.8 Å². The fourth-order valence-corrected chi connectivity index (χ4v) is 7.97. The topological polar surface area (TPSA) is 119 Å². The van der Waals surface area contributed by atoms with Gasteiger partial charge in [0, 0.05) is 62.8 Å². The summed E-state index contributed by atoms with van der Waals surface area (Å²) in [5.41, 5.74) is -0.114. The average Bonchev–Trinajstić information content (AvgIpc) is 3.26. The number of amides is 1. The number of carbonyl (C=O) groups excluding carboxylic acids is 1. The summed E-state index contributed by atoms with van der Waals surface area (Å²) in [7, 11) is 0. The number of alkyl halides is 1. The summed E-state index contributed by atoms with van der Waals surface area (Å²) in [5, 5.41) is 14.6. The second-order valence-electron chi connectivity index (χ2n) is 14.5. The molecule has 5 heterocycles. The molecule has 2 N–H and O–H groups in total. The number of aromatic hydroxyl groups is 1. The van der Waals surface area contributed by atoms with Crippen LogP contribution >= 0.6 is 0 Å². The standard InChI is InChI=1S/C39H45F2N5O6/c1-4-29-31(41)10-9-25-16-28(47)17-30(34(25)29)32-22-50-35-36(45-13-7-6-8-27(21-45)42-33(48)5-2)43-38(44-37(35)52-32)51-23-39(3)18-26(40)20-46(39)19-24-11-14-49-15-12-24/h1,5,9-10,16-17,24,26-27,32,47H,2,6-8,11-15,18-23H2,3H3,(H,42,48)/t26-,27?,32?,39+/m1/s1. The van der Waals surface area contributed by atoms with Crippen LogP contribution in [-0.2, 0) is 9.53 Å². The Morgan fingerprint density at radius 1 is 1.23 bits per heavy atom. The summed E-state index contributed by atoms with van der Waals surface area (Å²) in [4.78, 5) is 26.0. The number of hydrogen-bond acceptors (Lipinski definition) is 10. The molecule has 0 saturated carbocycles. The Balaban J connectivity index is 1.22. The van der Waals surface area contributed by atoms with Crippen molar-refractivity contribution in [3.05, 3.63) is 53.9 Å². The maximum Gasteiger partial charge on any atom is 0.322 e. The van der Waals surface area contributed by atoms with Gasteiger partial charge in [-0.25, -0.2) is 8.78 Å². The summed E-state index contributed by atoms with van der Waals surface area (Å²) >= 11 is 0. The zero-order valence-corrected chi connectivity index (χ0v) is 29.4. The molecule has 0 radical (unpaired) electrons. The molecule has 11 nitrogen and oxygen atoms in total. The molecule has 276 valence electrons. The molecule has 7 rings (SSSR count). The normalized spacial score (nSPS) is 25.3. The van der Waals surface area contributed by atoms with Gasteiger partial charge in [-0.05, 0) is 74.6 Å². The number of hydrogen-bond donors (Lipinski definition) is 2. The Kier molecular flexibility index (Phi) is 10.4. The Labute approximate surface area is 302 Å². The van der Waals surface area contributed by atoms with Crippen LogP contribution in [0.25, 0.3) is 10.8 Å². The summed E-state index contributed by atoms with van der Waals surface area (Å²) < 4.78 is 54.7. The van der Waals surface area contributed by atoms with E-state index in [-0.39, 0.29) is 48.4 Å². The molecule has 4 aliphatic rings. The highest BCUT2D eigenvalue weighted by atomic mass is 19.1. The quantitative estimate of drug-likeness (QED) is 0.225. The maximum atomic E-state index is 15.0. The SMILES string of the molecule is C#Cc1c(F)ccc2cc(O)cc(C3COc4c(nc(OC[C@]5(C)C[C@@H](F)CN5CC5CCOCC5)nc4N4CCCCC(NC(=O)C=C)C4)O3)c12. The average molecular weight is 718 g/mol. The van der Waals surface area contributed by atoms with E-state index in [0.717, 1.165) is 38.6 Å². The molecule has 1 amide bonds. The van der Waals surface area contributed by atoms with Crippen LogP contribution in [0.1, 0.15) is 62.7 Å². The molecule has 3 fully saturated rings. The van der Waals surface area contributed by atoms with E-state index in [9.17, 15) is 14.3 Å². The van der Waals surface area contributed by atoms with Gasteiger partial charge in [-0.3, -0.25) is 9.69 Å². The van der Waals surface area contributed by atoms with Crippen LogP contribution in [0.4, 0.5) is 14.6 Å². The highest BCUT2D eigenvalue weighted by molar-refractivity contribution is 5.93. The number of rotatable bonds is 9. The van der Waals surface area contributed by atoms with Crippen LogP contribution in [0, 0.1) is 24.1 Å². The number of benzene rings is 2. The lowest BCUT2D eigenvalue weighted by atomic mass is 9.95. The summed E-state index contributed by atoms with van der Waals surface area (Å²) in [5.74, 6) is 2.82. The number of likely N-dealkylation sites (tertiary alicyclic amines) is 1. The molecule has 0 bridgehead atoms. The Morgan fingerprint density at radius 2 is 2.06 bits per heavy atom. The Morgan fingerprint density at radius 3 is 2.85 bits per heavy atom. The van der Waals surface area contributed by atoms with E-state index in [1.54, 1.807) is 6.07 Å². The van der Waals surface area contributed by atoms with Gasteiger partial charge in [0.15, 0.2) is 11.9 Å². The molecule has 1 aromatic heterocycles. The first-order valence-electron chi connectivity index (χ1n) is 18.0. The minimum atomic E-state index is -0.986. The molecule has 2 unspecified atom stereocenters. The number of phenolic OH excluding ortho intramolecular Hbond substituents is 1. The molecule has 4 atom stereocenters. The third kappa shape index (κ3) is 7.45. The van der Waals surface area contributed by atoms with E-state index in [0.29, 0.717) is 73.1 Å². The number of ether oxygens (including phenoxy) is 4. The van der Waals surface area contributed by atoms with Crippen LogP contribution in [0.15, 0.2) is 36.9 Å². The van der Waals surface area contributed by atoms with E-state index >= 15 is 4.39 Å². The van der Waals surface area contributed by atoms with Crippen molar-refractivity contribution in [1.82, 2.24) is 20.2 Å². The van der Waals surface area contributed by atoms with E-state index in [1.165, 1.54) is 24.3 Å². The van der Waals surface area contributed by atoms with Gasteiger partial charge in [0.05, 0.1) is 11.1 Å². The van der Waals surface area contributed by atoms with Crippen molar-refractivity contribution in [2.45, 2.75) is 69.3 Å². The molecule has 4 aliphatic heterocycles. The van der Waals surface area contributed by atoms with Crippen LogP contribution in [0.2, 0.25) is 0 Å². The first-order chi connectivity index (χ1) is 25.1. The van der Waals surface area contributed by atoms with Gasteiger partial charge in [-0.2, -0.15) is 9.97 Å². The molecule has 3 saturated heterocycles. The predicted octanol–water partition coefficient (Wildman–Crippen LogP) is 5.24. The summed E-state index contributed by atoms with van der Waals surface area (Å²) in [6.07, 6.45) is 9.88. The molecule has 2 aromatic carbocycles. The minimum Gasteiger partial charge on any atom is -0.508 e. The van der Waals surface area contributed by atoms with Gasteiger partial charge in [0.25, 0.3) is 5.88 Å². The van der Waals surface area contributed by atoms with Crippen molar-refractivity contribution in [3.63, 3.8) is 0 Å². The van der Waals surface area contributed by atoms with Gasteiger partial charge >= 0.3 is 6.01 Å². The number of aromatic nitrogens is 2. The molecule has 0 aliphatic carbocycles. The van der Waals surface area contributed by atoms with E-state index in [4.69, 9.17) is 30.4 Å². The van der Waals surface area contributed by atoms with Crippen molar-refractivity contribution in [2.75, 3.05) is 57.5 Å². The van der Waals surface area contributed by atoms with Gasteiger partial charge < -0.3 is 34.3 Å². The van der Waals surface area contributed by atoms with Gasteiger partial charge in [0.2, 0.25) is 11.7 Å². The third-order valence-electron chi connectivity index (χ3n) is 10.7. The van der Waals surface area contributed by atoms with E-state index < -0.39 is 23.6 Å². The third-order valence-corrected chi connectivity index (χ3v) is 10.7. The van der Waals surface area contributed by atoms with Crippen molar-refractivity contribution in [2.24, 2.45) is 5.92 Å². The summed E-state index contributed by atoms with van der Waals surface area (Å²) in [6, 6.07) is 5.68. The number of fused-ring (bicyclic) bond motifs is 2. The second-order valence-corrected chi connectivity index (χ2v) is 14.5. The molecular weight excluding hydrogens is 672 g/mol. The zero-order valence-electron chi connectivity index (χ0n) is 29.4. The van der Waals surface area contributed by atoms with Crippen molar-refractivity contribution in [3.8, 4) is 35.7 Å². The lowest BCUT2D eigenvalue weighted by Gasteiger charge is -2.37. The molecular formula is C39H45F2N5O6. The largest absolute Gasteiger partial charge is 0.508 e. The van der Waals surface area contributed by atoms with Crippen LogP contribution in [0.3, 0.4) is 0 Å². The Hall–Kier alpha value is -4.67. The molecule has 3 aromatic rings. The monoisotopic (exact) mass is 717 g/mol. The van der Waals surface area contributed by atoms with Crippen LogP contribution in [-0.4, -0.2) is 96.2 Å². The fourth-order valence-electron chi connectivity index (χ4n) is 7.97. The smallest absolute Gasteiger partial charge is 0.322 e. The second kappa shape index (κ2) is 15.1. The van der Waals surface area contributed by atoms with Gasteiger partial charge in [-0.1, -0.05) is 18.6 Å². The lowest BCUT2D eigenvalue weighted by molar-refractivity contribution is -0.117. The highest BCUT2D eigenvalue weighted by Crippen LogP contribution is 2.45. The van der Waals surface area contributed by atoms with Crippen molar-refractivity contribution in [1.29, 1.82) is 0 Å². The minimum absolute atomic E-state index is 0.00969. The molecule has 0 spiro atoms. The van der Waals surface area contributed by atoms with Crippen LogP contribution in [0.5, 0.6) is 23.4 Å². The first kappa shape index (κ1) is 35.7. The fraction of sp³-hybridized carbons (Fsp3) is 0.513. The molecule has 13 heteroatoms. The number of halogens is 2. The maximum absolute atomic E-state index is 15.0. The first-order valence-corrected chi connectivity index (χ1v) is 18.0. The highest BCUT2D eigenvalue weighted by Gasteiger charge is 2.44.